The van der Waals surface area contributed by atoms with E-state index in [0.29, 0.717) is 12.2 Å². The maximum absolute atomic E-state index is 11.3. The van der Waals surface area contributed by atoms with Crippen LogP contribution in [-0.4, -0.2) is 28.0 Å². The Balaban J connectivity index is 2.07. The molecule has 1 heterocycles. The number of aromatic amines is 1. The molecule has 100 valence electrons. The summed E-state index contributed by atoms with van der Waals surface area (Å²) in [5, 5.41) is 19.3. The van der Waals surface area contributed by atoms with Gasteiger partial charge in [-0.05, 0) is 12.8 Å². The van der Waals surface area contributed by atoms with Crippen molar-refractivity contribution in [1.82, 2.24) is 10.2 Å². The average molecular weight is 272 g/mol. The van der Waals surface area contributed by atoms with Crippen LogP contribution < -0.4 is 10.9 Å². The van der Waals surface area contributed by atoms with Gasteiger partial charge in [0.25, 0.3) is 5.56 Å². The summed E-state index contributed by atoms with van der Waals surface area (Å²) in [4.78, 5) is 11.3. The predicted octanol–water partition coefficient (Wildman–Crippen LogP) is 1.78. The molecule has 1 aliphatic carbocycles. The number of anilines is 1. The molecule has 1 aliphatic rings. The Bertz CT molecular complexity index is 477. The third-order valence-corrected chi connectivity index (χ3v) is 4.13. The van der Waals surface area contributed by atoms with E-state index in [1.165, 1.54) is 6.20 Å². The van der Waals surface area contributed by atoms with Crippen molar-refractivity contribution in [3.63, 3.8) is 0 Å². The Morgan fingerprint density at radius 1 is 1.67 bits per heavy atom. The van der Waals surface area contributed by atoms with Crippen LogP contribution in [0.25, 0.3) is 0 Å². The summed E-state index contributed by atoms with van der Waals surface area (Å²) in [6.45, 7) is 2.64. The molecule has 1 fully saturated rings. The minimum atomic E-state index is -0.406. The number of aliphatic hydroxyl groups excluding tert-OH is 1. The molecule has 5 nitrogen and oxygen atoms in total. The standard InChI is InChI=1S/C12H18ClN3O2/c1-12(5-3-2-4-9(12)17)7-14-8-6-15-16-11(18)10(8)13/h6,9,17H,2-5,7H2,1H3,(H2,14,16,18). The second-order valence-corrected chi connectivity index (χ2v) is 5.57. The van der Waals surface area contributed by atoms with Gasteiger partial charge in [-0.2, -0.15) is 5.10 Å². The second kappa shape index (κ2) is 5.28. The number of aromatic nitrogens is 2. The maximum atomic E-state index is 11.3. The normalized spacial score (nSPS) is 28.1. The first kappa shape index (κ1) is 13.4. The number of nitrogens with one attached hydrogen (secondary N) is 2. The lowest BCUT2D eigenvalue weighted by molar-refractivity contribution is 0.00962. The number of nitrogens with zero attached hydrogens (tertiary/aromatic N) is 1. The summed E-state index contributed by atoms with van der Waals surface area (Å²) in [6.07, 6.45) is 5.17. The quantitative estimate of drug-likeness (QED) is 0.783. The van der Waals surface area contributed by atoms with Crippen LogP contribution in [-0.2, 0) is 0 Å². The van der Waals surface area contributed by atoms with Crippen LogP contribution in [0.4, 0.5) is 5.69 Å². The van der Waals surface area contributed by atoms with E-state index in [0.717, 1.165) is 25.7 Å². The summed E-state index contributed by atoms with van der Waals surface area (Å²) in [7, 11) is 0. The molecule has 2 rings (SSSR count). The number of hydrogen-bond donors (Lipinski definition) is 3. The zero-order valence-electron chi connectivity index (χ0n) is 10.4. The van der Waals surface area contributed by atoms with Gasteiger partial charge in [0.15, 0.2) is 0 Å². The minimum Gasteiger partial charge on any atom is -0.392 e. The van der Waals surface area contributed by atoms with Crippen molar-refractivity contribution in [2.45, 2.75) is 38.7 Å². The van der Waals surface area contributed by atoms with Gasteiger partial charge in [0.05, 0.1) is 18.0 Å². The summed E-state index contributed by atoms with van der Waals surface area (Å²) in [6, 6.07) is 0. The first-order valence-corrected chi connectivity index (χ1v) is 6.56. The molecule has 0 bridgehead atoms. The Morgan fingerprint density at radius 2 is 2.44 bits per heavy atom. The lowest BCUT2D eigenvalue weighted by atomic mass is 9.73. The molecule has 18 heavy (non-hydrogen) atoms. The molecule has 0 aromatic carbocycles. The van der Waals surface area contributed by atoms with Crippen molar-refractivity contribution in [3.8, 4) is 0 Å². The molecule has 1 aromatic heterocycles. The van der Waals surface area contributed by atoms with Gasteiger partial charge in [0.2, 0.25) is 0 Å². The van der Waals surface area contributed by atoms with E-state index in [2.05, 4.69) is 22.4 Å². The number of hydrogen-bond acceptors (Lipinski definition) is 4. The van der Waals surface area contributed by atoms with Crippen molar-refractivity contribution < 1.29 is 5.11 Å². The van der Waals surface area contributed by atoms with Gasteiger partial charge < -0.3 is 10.4 Å². The van der Waals surface area contributed by atoms with Crippen LogP contribution >= 0.6 is 11.6 Å². The molecular weight excluding hydrogens is 254 g/mol. The smallest absolute Gasteiger partial charge is 0.285 e. The molecule has 2 unspecified atom stereocenters. The fourth-order valence-electron chi connectivity index (χ4n) is 2.39. The van der Waals surface area contributed by atoms with Crippen LogP contribution in [0.1, 0.15) is 32.6 Å². The largest absolute Gasteiger partial charge is 0.392 e. The van der Waals surface area contributed by atoms with Crippen molar-refractivity contribution in [1.29, 1.82) is 0 Å². The summed E-state index contributed by atoms with van der Waals surface area (Å²) >= 11 is 5.88. The van der Waals surface area contributed by atoms with Crippen molar-refractivity contribution >= 4 is 17.3 Å². The molecule has 6 heteroatoms. The average Bonchev–Trinajstić information content (AvgIpc) is 2.35. The SMILES string of the molecule is CC1(CNc2cn[nH]c(=O)c2Cl)CCCCC1O. The van der Waals surface area contributed by atoms with Crippen molar-refractivity contribution in [3.05, 3.63) is 21.6 Å². The number of halogens is 1. The van der Waals surface area contributed by atoms with Gasteiger partial charge in [0.1, 0.15) is 5.02 Å². The van der Waals surface area contributed by atoms with Gasteiger partial charge in [-0.1, -0.05) is 31.4 Å². The molecule has 1 aromatic rings. The highest BCUT2D eigenvalue weighted by Crippen LogP contribution is 2.36. The summed E-state index contributed by atoms with van der Waals surface area (Å²) in [5.74, 6) is 0. The third-order valence-electron chi connectivity index (χ3n) is 3.76. The lowest BCUT2D eigenvalue weighted by Gasteiger charge is -2.38. The number of aliphatic hydroxyl groups is 1. The molecule has 0 amide bonds. The van der Waals surface area contributed by atoms with Crippen LogP contribution in [0.2, 0.25) is 5.02 Å². The Morgan fingerprint density at radius 3 is 3.17 bits per heavy atom. The topological polar surface area (TPSA) is 78.0 Å². The highest BCUT2D eigenvalue weighted by atomic mass is 35.5. The first-order valence-electron chi connectivity index (χ1n) is 6.18. The fraction of sp³-hybridized carbons (Fsp3) is 0.667. The molecule has 3 N–H and O–H groups in total. The second-order valence-electron chi connectivity index (χ2n) is 5.20. The Kier molecular flexibility index (Phi) is 3.92. The third kappa shape index (κ3) is 2.67. The van der Waals surface area contributed by atoms with Crippen LogP contribution in [0.5, 0.6) is 0 Å². The van der Waals surface area contributed by atoms with Gasteiger partial charge in [0, 0.05) is 12.0 Å². The maximum Gasteiger partial charge on any atom is 0.285 e. The Hall–Kier alpha value is -1.07. The molecular formula is C12H18ClN3O2. The van der Waals surface area contributed by atoms with Crippen molar-refractivity contribution in [2.24, 2.45) is 5.41 Å². The molecule has 2 atom stereocenters. The fourth-order valence-corrected chi connectivity index (χ4v) is 2.55. The highest BCUT2D eigenvalue weighted by Gasteiger charge is 2.35. The summed E-state index contributed by atoms with van der Waals surface area (Å²) in [5.41, 5.74) is -0.0695. The Labute approximate surface area is 111 Å². The monoisotopic (exact) mass is 271 g/mol. The van der Waals surface area contributed by atoms with E-state index in [9.17, 15) is 9.90 Å². The van der Waals surface area contributed by atoms with E-state index in [-0.39, 0.29) is 16.5 Å². The predicted molar refractivity (Wildman–Crippen MR) is 70.9 cm³/mol. The van der Waals surface area contributed by atoms with Crippen LogP contribution in [0, 0.1) is 5.41 Å². The number of rotatable bonds is 3. The molecule has 0 radical (unpaired) electrons. The highest BCUT2D eigenvalue weighted by molar-refractivity contribution is 6.32. The van der Waals surface area contributed by atoms with Crippen molar-refractivity contribution in [2.75, 3.05) is 11.9 Å². The van der Waals surface area contributed by atoms with E-state index < -0.39 is 5.56 Å². The van der Waals surface area contributed by atoms with E-state index in [4.69, 9.17) is 11.6 Å². The zero-order valence-corrected chi connectivity index (χ0v) is 11.1. The van der Waals surface area contributed by atoms with E-state index in [1.807, 2.05) is 0 Å². The molecule has 0 saturated heterocycles. The molecule has 0 aliphatic heterocycles. The number of H-pyrrole nitrogens is 1. The molecule has 0 spiro atoms. The zero-order chi connectivity index (χ0) is 13.2. The molecule has 1 saturated carbocycles. The van der Waals surface area contributed by atoms with Gasteiger partial charge in [-0.3, -0.25) is 4.79 Å². The van der Waals surface area contributed by atoms with Crippen LogP contribution in [0.15, 0.2) is 11.0 Å². The van der Waals surface area contributed by atoms with Crippen LogP contribution in [0.3, 0.4) is 0 Å². The van der Waals surface area contributed by atoms with Gasteiger partial charge in [-0.25, -0.2) is 5.10 Å². The summed E-state index contributed by atoms with van der Waals surface area (Å²) < 4.78 is 0. The minimum absolute atomic E-state index is 0.110. The lowest BCUT2D eigenvalue weighted by Crippen LogP contribution is -2.41. The van der Waals surface area contributed by atoms with E-state index >= 15 is 0 Å². The van der Waals surface area contributed by atoms with Gasteiger partial charge >= 0.3 is 0 Å². The first-order chi connectivity index (χ1) is 8.53. The van der Waals surface area contributed by atoms with Gasteiger partial charge in [-0.15, -0.1) is 0 Å². The van der Waals surface area contributed by atoms with E-state index in [1.54, 1.807) is 0 Å².